The van der Waals surface area contributed by atoms with E-state index in [4.69, 9.17) is 15.0 Å². The molecule has 4 heterocycles. The summed E-state index contributed by atoms with van der Waals surface area (Å²) in [5.41, 5.74) is 4.70. The number of nitrogens with one attached hydrogen (secondary N) is 1. The van der Waals surface area contributed by atoms with Crippen molar-refractivity contribution in [3.63, 3.8) is 0 Å². The number of aryl methyl sites for hydroxylation is 2. The van der Waals surface area contributed by atoms with E-state index in [1.165, 1.54) is 36.6 Å². The van der Waals surface area contributed by atoms with Gasteiger partial charge in [-0.05, 0) is 68.6 Å². The van der Waals surface area contributed by atoms with Gasteiger partial charge in [-0.15, -0.1) is 0 Å². The van der Waals surface area contributed by atoms with Crippen LogP contribution in [0.3, 0.4) is 0 Å². The average molecular weight is 457 g/mol. The van der Waals surface area contributed by atoms with Gasteiger partial charge in [0.2, 0.25) is 5.95 Å². The summed E-state index contributed by atoms with van der Waals surface area (Å²) in [5, 5.41) is 5.67. The highest BCUT2D eigenvalue weighted by molar-refractivity contribution is 6.06. The SMILES string of the molecule is CCCc1nc(Nc2ncc3c4ccncc4n(C4(CC)CCC(C)CC4)c3n2)ccc1CC. The molecule has 0 aromatic carbocycles. The summed E-state index contributed by atoms with van der Waals surface area (Å²) in [4.78, 5) is 19.2. The molecule has 0 aliphatic heterocycles. The molecule has 1 N–H and O–H groups in total. The lowest BCUT2D eigenvalue weighted by Gasteiger charge is -2.41. The van der Waals surface area contributed by atoms with Crippen LogP contribution in [0.5, 0.6) is 0 Å². The lowest BCUT2D eigenvalue weighted by molar-refractivity contribution is 0.164. The predicted octanol–water partition coefficient (Wildman–Crippen LogP) is 6.95. The first kappa shape index (κ1) is 22.8. The third-order valence-electron chi connectivity index (χ3n) is 7.83. The Morgan fingerprint density at radius 3 is 2.59 bits per heavy atom. The standard InChI is InChI=1S/C28H36N6/c1-5-8-23-20(6-2)9-10-25(31-23)32-27-30-17-22-21-13-16-29-18-24(21)34(26(22)33-27)28(7-3)14-11-19(4)12-15-28/h9-10,13,16-19H,5-8,11-12,14-15H2,1-4H3,(H,30,31,32,33). The molecule has 0 saturated heterocycles. The molecular weight excluding hydrogens is 420 g/mol. The van der Waals surface area contributed by atoms with Gasteiger partial charge < -0.3 is 9.88 Å². The third kappa shape index (κ3) is 3.93. The molecule has 1 saturated carbocycles. The summed E-state index contributed by atoms with van der Waals surface area (Å²) in [6.45, 7) is 9.07. The van der Waals surface area contributed by atoms with Crippen LogP contribution >= 0.6 is 0 Å². The lowest BCUT2D eigenvalue weighted by Crippen LogP contribution is -2.37. The number of anilines is 2. The molecule has 4 aromatic heterocycles. The summed E-state index contributed by atoms with van der Waals surface area (Å²) in [7, 11) is 0. The van der Waals surface area contributed by atoms with Crippen LogP contribution in [0.4, 0.5) is 11.8 Å². The van der Waals surface area contributed by atoms with Gasteiger partial charge >= 0.3 is 0 Å². The molecule has 1 fully saturated rings. The number of rotatable bonds is 7. The molecule has 0 radical (unpaired) electrons. The highest BCUT2D eigenvalue weighted by atomic mass is 15.2. The first-order valence-corrected chi connectivity index (χ1v) is 13.0. The Bertz CT molecular complexity index is 1300. The van der Waals surface area contributed by atoms with Crippen molar-refractivity contribution < 1.29 is 0 Å². The predicted molar refractivity (Wildman–Crippen MR) is 140 cm³/mol. The van der Waals surface area contributed by atoms with Crippen molar-refractivity contribution >= 4 is 33.7 Å². The van der Waals surface area contributed by atoms with Crippen molar-refractivity contribution in [3.05, 3.63) is 48.0 Å². The Morgan fingerprint density at radius 2 is 1.85 bits per heavy atom. The fourth-order valence-corrected chi connectivity index (χ4v) is 5.70. The zero-order chi connectivity index (χ0) is 23.7. The van der Waals surface area contributed by atoms with E-state index in [1.807, 2.05) is 24.7 Å². The van der Waals surface area contributed by atoms with Crippen molar-refractivity contribution in [1.29, 1.82) is 0 Å². The van der Waals surface area contributed by atoms with E-state index in [2.05, 4.69) is 54.7 Å². The van der Waals surface area contributed by atoms with Gasteiger partial charge in [-0.3, -0.25) is 4.98 Å². The quantitative estimate of drug-likeness (QED) is 0.326. The smallest absolute Gasteiger partial charge is 0.230 e. The Hall–Kier alpha value is -3.02. The monoisotopic (exact) mass is 456 g/mol. The highest BCUT2D eigenvalue weighted by Gasteiger charge is 2.37. The second kappa shape index (κ2) is 9.32. The molecule has 0 amide bonds. The molecule has 0 unspecified atom stereocenters. The van der Waals surface area contributed by atoms with E-state index in [0.717, 1.165) is 59.7 Å². The van der Waals surface area contributed by atoms with E-state index in [9.17, 15) is 0 Å². The van der Waals surface area contributed by atoms with Gasteiger partial charge in [0.25, 0.3) is 0 Å². The first-order chi connectivity index (χ1) is 16.6. The molecule has 5 rings (SSSR count). The summed E-state index contributed by atoms with van der Waals surface area (Å²) in [5.74, 6) is 2.19. The molecule has 6 nitrogen and oxygen atoms in total. The largest absolute Gasteiger partial charge is 0.318 e. The number of hydrogen-bond acceptors (Lipinski definition) is 5. The van der Waals surface area contributed by atoms with Gasteiger partial charge in [0, 0.05) is 34.4 Å². The second-order valence-corrected chi connectivity index (χ2v) is 9.95. The molecular formula is C28H36N6. The Kier molecular flexibility index (Phi) is 6.24. The third-order valence-corrected chi connectivity index (χ3v) is 7.83. The molecule has 0 spiro atoms. The van der Waals surface area contributed by atoms with Gasteiger partial charge in [0.15, 0.2) is 0 Å². The molecule has 34 heavy (non-hydrogen) atoms. The maximum Gasteiger partial charge on any atom is 0.230 e. The van der Waals surface area contributed by atoms with E-state index in [1.54, 1.807) is 0 Å². The van der Waals surface area contributed by atoms with Crippen molar-refractivity contribution in [1.82, 2.24) is 24.5 Å². The van der Waals surface area contributed by atoms with Gasteiger partial charge in [-0.2, -0.15) is 4.98 Å². The van der Waals surface area contributed by atoms with Crippen LogP contribution in [0, 0.1) is 5.92 Å². The van der Waals surface area contributed by atoms with Crippen LogP contribution in [0.1, 0.15) is 77.5 Å². The fraction of sp³-hybridized carbons (Fsp3) is 0.500. The fourth-order valence-electron chi connectivity index (χ4n) is 5.70. The van der Waals surface area contributed by atoms with E-state index >= 15 is 0 Å². The number of nitrogens with zero attached hydrogens (tertiary/aromatic N) is 5. The Morgan fingerprint density at radius 1 is 1.03 bits per heavy atom. The Labute approximate surface area is 202 Å². The normalized spacial score (nSPS) is 20.8. The van der Waals surface area contributed by atoms with Crippen LogP contribution in [0.15, 0.2) is 36.8 Å². The van der Waals surface area contributed by atoms with Crippen molar-refractivity contribution in [2.75, 3.05) is 5.32 Å². The minimum absolute atomic E-state index is 0.0660. The maximum absolute atomic E-state index is 5.09. The van der Waals surface area contributed by atoms with Crippen LogP contribution in [-0.2, 0) is 18.4 Å². The minimum Gasteiger partial charge on any atom is -0.318 e. The summed E-state index contributed by atoms with van der Waals surface area (Å²) in [6, 6.07) is 6.32. The molecule has 1 aliphatic rings. The molecule has 178 valence electrons. The van der Waals surface area contributed by atoms with E-state index in [0.29, 0.717) is 5.95 Å². The van der Waals surface area contributed by atoms with Crippen LogP contribution in [-0.4, -0.2) is 24.5 Å². The zero-order valence-electron chi connectivity index (χ0n) is 20.9. The number of hydrogen-bond donors (Lipinski definition) is 1. The average Bonchev–Trinajstić information content (AvgIpc) is 3.19. The zero-order valence-corrected chi connectivity index (χ0v) is 20.9. The van der Waals surface area contributed by atoms with Gasteiger partial charge in [0.05, 0.1) is 11.7 Å². The van der Waals surface area contributed by atoms with Crippen LogP contribution in [0.2, 0.25) is 0 Å². The minimum atomic E-state index is 0.0660. The lowest BCUT2D eigenvalue weighted by atomic mass is 9.75. The van der Waals surface area contributed by atoms with Crippen molar-refractivity contribution in [3.8, 4) is 0 Å². The maximum atomic E-state index is 5.09. The highest BCUT2D eigenvalue weighted by Crippen LogP contribution is 2.44. The molecule has 0 atom stereocenters. The van der Waals surface area contributed by atoms with Crippen molar-refractivity contribution in [2.45, 2.75) is 84.6 Å². The van der Waals surface area contributed by atoms with E-state index < -0.39 is 0 Å². The van der Waals surface area contributed by atoms with Gasteiger partial charge in [-0.1, -0.05) is 40.2 Å². The summed E-state index contributed by atoms with van der Waals surface area (Å²) < 4.78 is 2.49. The number of aromatic nitrogens is 5. The second-order valence-electron chi connectivity index (χ2n) is 9.95. The van der Waals surface area contributed by atoms with Crippen LogP contribution in [0.25, 0.3) is 21.9 Å². The summed E-state index contributed by atoms with van der Waals surface area (Å²) >= 11 is 0. The summed E-state index contributed by atoms with van der Waals surface area (Å²) in [6.07, 6.45) is 14.8. The van der Waals surface area contributed by atoms with Gasteiger partial charge in [-0.25, -0.2) is 9.97 Å². The Balaban J connectivity index is 1.61. The molecule has 6 heteroatoms. The first-order valence-electron chi connectivity index (χ1n) is 13.0. The number of pyridine rings is 2. The molecule has 4 aromatic rings. The van der Waals surface area contributed by atoms with Gasteiger partial charge in [0.1, 0.15) is 11.5 Å². The van der Waals surface area contributed by atoms with E-state index in [-0.39, 0.29) is 5.54 Å². The topological polar surface area (TPSA) is 68.5 Å². The number of fused-ring (bicyclic) bond motifs is 3. The van der Waals surface area contributed by atoms with Crippen molar-refractivity contribution in [2.24, 2.45) is 5.92 Å². The van der Waals surface area contributed by atoms with Crippen LogP contribution < -0.4 is 5.32 Å². The molecule has 1 aliphatic carbocycles. The molecule has 0 bridgehead atoms.